The lowest BCUT2D eigenvalue weighted by Crippen LogP contribution is -2.31. The maximum Gasteiger partial charge on any atom is 0.331 e. The molecule has 0 spiro atoms. The highest BCUT2D eigenvalue weighted by Gasteiger charge is 2.34. The smallest absolute Gasteiger partial charge is 0.328 e. The van der Waals surface area contributed by atoms with E-state index in [9.17, 15) is 19.2 Å². The number of hydrogen-bond acceptors (Lipinski definition) is 4. The van der Waals surface area contributed by atoms with Gasteiger partial charge in [0, 0.05) is 16.0 Å². The zero-order valence-corrected chi connectivity index (χ0v) is 23.8. The summed E-state index contributed by atoms with van der Waals surface area (Å²) in [6.07, 6.45) is 0. The molecule has 2 fully saturated rings. The Labute approximate surface area is 223 Å². The molecule has 2 aliphatic rings. The summed E-state index contributed by atoms with van der Waals surface area (Å²) < 4.78 is 1.92. The van der Waals surface area contributed by atoms with Gasteiger partial charge in [-0.15, -0.1) is 0 Å². The number of alkyl halides is 1. The van der Waals surface area contributed by atoms with Crippen molar-refractivity contribution in [1.82, 2.24) is 10.2 Å². The molecule has 2 aliphatic heterocycles. The molecule has 33 heavy (non-hydrogen) atoms. The van der Waals surface area contributed by atoms with Gasteiger partial charge in [-0.25, -0.2) is 19.4 Å². The maximum absolute atomic E-state index is 11.7. The molecule has 176 valence electrons. The third-order valence-corrected chi connectivity index (χ3v) is 6.56. The monoisotopic (exact) mass is 692 g/mol. The lowest BCUT2D eigenvalue weighted by molar-refractivity contribution is -0.117. The quantitative estimate of drug-likeness (QED) is 0.272. The Hall–Kier alpha value is -1.99. The number of halogens is 3. The van der Waals surface area contributed by atoms with Gasteiger partial charge in [0.25, 0.3) is 11.8 Å². The maximum atomic E-state index is 11.7. The van der Waals surface area contributed by atoms with Crippen LogP contribution in [0, 0.1) is 13.8 Å². The number of likely N-dealkylation sites (N-methyl/N-ethyl adjacent to an activating group) is 1. The summed E-state index contributed by atoms with van der Waals surface area (Å²) >= 11 is 8.90. The molecule has 2 aromatic carbocycles. The van der Waals surface area contributed by atoms with Gasteiger partial charge in [0.2, 0.25) is 0 Å². The van der Waals surface area contributed by atoms with Gasteiger partial charge in [0.1, 0.15) is 6.54 Å². The third-order valence-electron chi connectivity index (χ3n) is 4.78. The average molecular weight is 694 g/mol. The molecule has 6 amide bonds. The normalized spacial score (nSPS) is 15.2. The van der Waals surface area contributed by atoms with Crippen molar-refractivity contribution in [3.8, 4) is 0 Å². The van der Waals surface area contributed by atoms with Crippen LogP contribution in [0.15, 0.2) is 45.3 Å². The van der Waals surface area contributed by atoms with Crippen LogP contribution in [0.2, 0.25) is 0 Å². The second-order valence-electron chi connectivity index (χ2n) is 7.12. The minimum atomic E-state index is -0.360. The van der Waals surface area contributed by atoms with Crippen molar-refractivity contribution in [3.63, 3.8) is 0 Å². The molecular weight excluding hydrogens is 671 g/mol. The number of urea groups is 2. The van der Waals surface area contributed by atoms with Gasteiger partial charge in [-0.05, 0) is 66.3 Å². The lowest BCUT2D eigenvalue weighted by Gasteiger charge is -2.15. The number of aryl methyl sites for hydroxylation is 2. The number of benzene rings is 2. The molecular formula is C22H23Br2IN4O4. The second kappa shape index (κ2) is 11.9. The number of amides is 6. The van der Waals surface area contributed by atoms with Crippen LogP contribution in [0.5, 0.6) is 0 Å². The number of carbonyl (C=O) groups is 4. The van der Waals surface area contributed by atoms with Crippen molar-refractivity contribution in [1.29, 1.82) is 0 Å². The van der Waals surface area contributed by atoms with Crippen molar-refractivity contribution >= 4 is 89.7 Å². The van der Waals surface area contributed by atoms with Crippen molar-refractivity contribution in [2.75, 3.05) is 34.9 Å². The summed E-state index contributed by atoms with van der Waals surface area (Å²) in [6.45, 7) is 4.05. The molecule has 4 rings (SSSR count). The molecule has 0 saturated carbocycles. The van der Waals surface area contributed by atoms with Crippen LogP contribution < -0.4 is 15.1 Å². The molecule has 0 aromatic heterocycles. The van der Waals surface area contributed by atoms with Crippen LogP contribution in [-0.4, -0.2) is 53.8 Å². The number of imide groups is 2. The van der Waals surface area contributed by atoms with Crippen LogP contribution in [-0.2, 0) is 9.59 Å². The fourth-order valence-corrected chi connectivity index (χ4v) is 3.59. The number of hydrogen-bond donors (Lipinski definition) is 1. The first kappa shape index (κ1) is 27.3. The number of nitrogens with zero attached hydrogens (tertiary/aromatic N) is 3. The molecule has 0 atom stereocenters. The van der Waals surface area contributed by atoms with Gasteiger partial charge in [-0.2, -0.15) is 0 Å². The number of rotatable bonds is 2. The van der Waals surface area contributed by atoms with E-state index in [1.54, 1.807) is 25.2 Å². The zero-order valence-electron chi connectivity index (χ0n) is 18.5. The van der Waals surface area contributed by atoms with Crippen LogP contribution in [0.1, 0.15) is 11.1 Å². The highest BCUT2D eigenvalue weighted by atomic mass is 127. The number of nitrogens with one attached hydrogen (secondary N) is 1. The van der Waals surface area contributed by atoms with Crippen molar-refractivity contribution in [3.05, 3.63) is 56.5 Å². The van der Waals surface area contributed by atoms with Gasteiger partial charge in [-0.1, -0.05) is 54.5 Å². The molecule has 2 aromatic rings. The molecule has 0 radical (unpaired) electrons. The van der Waals surface area contributed by atoms with Crippen LogP contribution in [0.25, 0.3) is 0 Å². The Balaban J connectivity index is 0.000000218. The van der Waals surface area contributed by atoms with Crippen LogP contribution in [0.3, 0.4) is 0 Å². The summed E-state index contributed by atoms with van der Waals surface area (Å²) in [5.41, 5.74) is 3.21. The van der Waals surface area contributed by atoms with Crippen LogP contribution in [0.4, 0.5) is 21.0 Å². The van der Waals surface area contributed by atoms with Gasteiger partial charge in [0.05, 0.1) is 17.9 Å². The summed E-state index contributed by atoms with van der Waals surface area (Å²) in [5, 5.41) is 2.48. The zero-order chi connectivity index (χ0) is 24.9. The van der Waals surface area contributed by atoms with Gasteiger partial charge in [0.15, 0.2) is 0 Å². The van der Waals surface area contributed by atoms with Crippen molar-refractivity contribution in [2.45, 2.75) is 13.8 Å². The number of carbonyl (C=O) groups excluding carboxylic acids is 4. The standard InChI is InChI=1S/C11H11BrN2O2.C10H9BrN2O2.CH3I/c1-7-5-8(3-4-9(7)12)14-10(15)6-13(2)11(14)16;1-6-4-7(2-3-8(6)11)13-9(14)5-12-10(13)15;1-2/h3-5H,6H2,1-2H3;2-4H,5H2,1H3,(H,12,15);1H3. The minimum Gasteiger partial charge on any atom is -0.328 e. The first-order valence-corrected chi connectivity index (χ1v) is 13.4. The summed E-state index contributed by atoms with van der Waals surface area (Å²) in [7, 11) is 1.62. The highest BCUT2D eigenvalue weighted by molar-refractivity contribution is 14.1. The number of anilines is 2. The summed E-state index contributed by atoms with van der Waals surface area (Å²) in [4.78, 5) is 51.9. The van der Waals surface area contributed by atoms with Crippen molar-refractivity contribution in [2.24, 2.45) is 0 Å². The van der Waals surface area contributed by atoms with Crippen molar-refractivity contribution < 1.29 is 19.2 Å². The van der Waals surface area contributed by atoms with Gasteiger partial charge >= 0.3 is 12.1 Å². The summed E-state index contributed by atoms with van der Waals surface area (Å²) in [5.74, 6) is -0.407. The Morgan fingerprint density at radius 2 is 1.30 bits per heavy atom. The molecule has 0 unspecified atom stereocenters. The van der Waals surface area contributed by atoms with E-state index in [-0.39, 0.29) is 37.0 Å². The first-order chi connectivity index (χ1) is 15.6. The molecule has 8 nitrogen and oxygen atoms in total. The van der Waals surface area contributed by atoms with E-state index in [1.807, 2.05) is 37.0 Å². The Kier molecular flexibility index (Phi) is 9.85. The molecule has 0 aliphatic carbocycles. The fourth-order valence-electron chi connectivity index (χ4n) is 3.09. The Morgan fingerprint density at radius 3 is 1.67 bits per heavy atom. The highest BCUT2D eigenvalue weighted by Crippen LogP contribution is 2.26. The Bertz CT molecular complexity index is 1080. The molecule has 11 heteroatoms. The first-order valence-electron chi connectivity index (χ1n) is 9.69. The van der Waals surface area contributed by atoms with Crippen LogP contribution >= 0.6 is 54.5 Å². The van der Waals surface area contributed by atoms with E-state index in [2.05, 4.69) is 59.8 Å². The third kappa shape index (κ3) is 6.33. The van der Waals surface area contributed by atoms with Gasteiger partial charge in [-0.3, -0.25) is 9.59 Å². The van der Waals surface area contributed by atoms with E-state index >= 15 is 0 Å². The molecule has 2 heterocycles. The lowest BCUT2D eigenvalue weighted by atomic mass is 10.2. The van der Waals surface area contributed by atoms with Gasteiger partial charge < -0.3 is 10.2 Å². The SMILES string of the molecule is CI.Cc1cc(N2C(=O)CN(C)C2=O)ccc1Br.Cc1cc(N2C(=O)CNC2=O)ccc1Br. The minimum absolute atomic E-state index is 0.0773. The average Bonchev–Trinajstić information content (AvgIpc) is 3.25. The summed E-state index contributed by atoms with van der Waals surface area (Å²) in [6, 6.07) is 10.1. The van der Waals surface area contributed by atoms with E-state index in [0.717, 1.165) is 25.0 Å². The topological polar surface area (TPSA) is 90.0 Å². The second-order valence-corrected chi connectivity index (χ2v) is 8.83. The predicted molar refractivity (Wildman–Crippen MR) is 144 cm³/mol. The molecule has 0 bridgehead atoms. The van der Waals surface area contributed by atoms with E-state index < -0.39 is 0 Å². The fraction of sp³-hybridized carbons (Fsp3) is 0.273. The molecule has 1 N–H and O–H groups in total. The van der Waals surface area contributed by atoms with E-state index in [0.29, 0.717) is 11.4 Å². The van der Waals surface area contributed by atoms with E-state index in [1.165, 1.54) is 9.80 Å². The Morgan fingerprint density at radius 1 is 0.818 bits per heavy atom. The largest absolute Gasteiger partial charge is 0.331 e. The molecule has 2 saturated heterocycles. The van der Waals surface area contributed by atoms with E-state index in [4.69, 9.17) is 0 Å². The predicted octanol–water partition coefficient (Wildman–Crippen LogP) is 5.02.